The monoisotopic (exact) mass is 392 g/mol. The fourth-order valence-electron chi connectivity index (χ4n) is 2.88. The largest absolute Gasteiger partial charge is 0.495 e. The molecule has 0 spiro atoms. The van der Waals surface area contributed by atoms with Crippen LogP contribution in [-0.4, -0.2) is 36.2 Å². The molecule has 0 atom stereocenters. The summed E-state index contributed by atoms with van der Waals surface area (Å²) in [5, 5.41) is 5.94. The third kappa shape index (κ3) is 4.21. The number of anilines is 3. The number of hydrogen-bond donors (Lipinski definition) is 2. The number of fused-ring (bicyclic) bond motifs is 1. The van der Waals surface area contributed by atoms with Gasteiger partial charge in [0.2, 0.25) is 0 Å². The van der Waals surface area contributed by atoms with E-state index in [-0.39, 0.29) is 11.6 Å². The molecule has 8 nitrogen and oxygen atoms in total. The molecule has 1 aliphatic heterocycles. The summed E-state index contributed by atoms with van der Waals surface area (Å²) in [5.74, 6) is 2.11. The Kier molecular flexibility index (Phi) is 5.15. The lowest BCUT2D eigenvalue weighted by molar-refractivity contribution is 0.102. The molecule has 1 aromatic heterocycles. The Balaban J connectivity index is 1.45. The summed E-state index contributed by atoms with van der Waals surface area (Å²) in [7, 11) is 1.55. The van der Waals surface area contributed by atoms with Crippen LogP contribution >= 0.6 is 0 Å². The molecule has 0 bridgehead atoms. The Morgan fingerprint density at radius 2 is 1.86 bits per heavy atom. The summed E-state index contributed by atoms with van der Waals surface area (Å²) in [6, 6.07) is 11.1. The molecular weight excluding hydrogens is 372 g/mol. The first-order chi connectivity index (χ1) is 14.1. The fourth-order valence-corrected chi connectivity index (χ4v) is 2.88. The number of hydrogen-bond acceptors (Lipinski definition) is 7. The molecule has 3 aromatic rings. The average molecular weight is 392 g/mol. The van der Waals surface area contributed by atoms with Gasteiger partial charge < -0.3 is 24.8 Å². The van der Waals surface area contributed by atoms with Crippen molar-refractivity contribution in [3.63, 3.8) is 0 Å². The number of ether oxygens (including phenoxy) is 3. The lowest BCUT2D eigenvalue weighted by Gasteiger charge is -2.19. The highest BCUT2D eigenvalue weighted by Crippen LogP contribution is 2.33. The Morgan fingerprint density at radius 1 is 1.03 bits per heavy atom. The van der Waals surface area contributed by atoms with Crippen molar-refractivity contribution in [2.45, 2.75) is 6.92 Å². The van der Waals surface area contributed by atoms with E-state index in [9.17, 15) is 4.79 Å². The number of rotatable bonds is 5. The summed E-state index contributed by atoms with van der Waals surface area (Å²) < 4.78 is 16.4. The normalized spacial score (nSPS) is 12.2. The van der Waals surface area contributed by atoms with Crippen molar-refractivity contribution in [1.82, 2.24) is 9.97 Å². The molecule has 4 rings (SSSR count). The standard InChI is InChI=1S/C21H20N4O4/c1-13-3-5-17(27-2)15(9-13)25-21(26)16-11-23-20(12-22-16)24-14-4-6-18-19(10-14)29-8-7-28-18/h3-6,9-12H,7-8H2,1-2H3,(H,23,24)(H,25,26). The van der Waals surface area contributed by atoms with E-state index in [1.54, 1.807) is 13.2 Å². The van der Waals surface area contributed by atoms with Gasteiger partial charge in [-0.1, -0.05) is 6.07 Å². The van der Waals surface area contributed by atoms with Crippen molar-refractivity contribution in [2.24, 2.45) is 0 Å². The topological polar surface area (TPSA) is 94.6 Å². The molecule has 8 heteroatoms. The first-order valence-electron chi connectivity index (χ1n) is 9.07. The Labute approximate surface area is 167 Å². The number of carbonyl (C=O) groups excluding carboxylic acids is 1. The van der Waals surface area contributed by atoms with E-state index >= 15 is 0 Å². The summed E-state index contributed by atoms with van der Waals surface area (Å²) in [6.45, 7) is 3.00. The quantitative estimate of drug-likeness (QED) is 0.685. The number of aromatic nitrogens is 2. The second-order valence-electron chi connectivity index (χ2n) is 6.43. The van der Waals surface area contributed by atoms with Gasteiger partial charge in [-0.15, -0.1) is 0 Å². The summed E-state index contributed by atoms with van der Waals surface area (Å²) >= 11 is 0. The SMILES string of the molecule is COc1ccc(C)cc1NC(=O)c1cnc(Nc2ccc3c(c2)OCCO3)cn1. The molecule has 0 saturated carbocycles. The highest BCUT2D eigenvalue weighted by atomic mass is 16.6. The van der Waals surface area contributed by atoms with Crippen molar-refractivity contribution in [3.8, 4) is 17.2 Å². The maximum atomic E-state index is 12.5. The molecule has 0 saturated heterocycles. The van der Waals surface area contributed by atoms with Gasteiger partial charge in [-0.3, -0.25) is 4.79 Å². The van der Waals surface area contributed by atoms with E-state index in [4.69, 9.17) is 14.2 Å². The molecule has 1 amide bonds. The van der Waals surface area contributed by atoms with E-state index in [0.717, 1.165) is 11.3 Å². The van der Waals surface area contributed by atoms with E-state index in [0.29, 0.717) is 42.0 Å². The van der Waals surface area contributed by atoms with Crippen LogP contribution in [0.25, 0.3) is 0 Å². The average Bonchev–Trinajstić information content (AvgIpc) is 2.74. The summed E-state index contributed by atoms with van der Waals surface area (Å²) in [5.41, 5.74) is 2.57. The van der Waals surface area contributed by atoms with Crippen LogP contribution in [0.2, 0.25) is 0 Å². The van der Waals surface area contributed by atoms with Gasteiger partial charge in [0, 0.05) is 11.8 Å². The van der Waals surface area contributed by atoms with Crippen LogP contribution in [0.5, 0.6) is 17.2 Å². The van der Waals surface area contributed by atoms with Gasteiger partial charge in [0.1, 0.15) is 30.5 Å². The van der Waals surface area contributed by atoms with Crippen LogP contribution in [0.4, 0.5) is 17.2 Å². The number of amides is 1. The van der Waals surface area contributed by atoms with Crippen LogP contribution in [0.3, 0.4) is 0 Å². The van der Waals surface area contributed by atoms with E-state index in [1.807, 2.05) is 37.3 Å². The van der Waals surface area contributed by atoms with Crippen LogP contribution in [0.15, 0.2) is 48.8 Å². The highest BCUT2D eigenvalue weighted by molar-refractivity contribution is 6.03. The maximum absolute atomic E-state index is 12.5. The third-order valence-corrected chi connectivity index (χ3v) is 4.30. The Bertz CT molecular complexity index is 1040. The molecule has 2 N–H and O–H groups in total. The lowest BCUT2D eigenvalue weighted by atomic mass is 10.2. The lowest BCUT2D eigenvalue weighted by Crippen LogP contribution is -2.15. The van der Waals surface area contributed by atoms with Crippen molar-refractivity contribution >= 4 is 23.1 Å². The minimum absolute atomic E-state index is 0.196. The number of nitrogens with zero attached hydrogens (tertiary/aromatic N) is 2. The van der Waals surface area contributed by atoms with Gasteiger partial charge in [-0.05, 0) is 36.8 Å². The van der Waals surface area contributed by atoms with Gasteiger partial charge in [0.15, 0.2) is 11.5 Å². The third-order valence-electron chi connectivity index (χ3n) is 4.30. The number of benzene rings is 2. The van der Waals surface area contributed by atoms with Crippen LogP contribution in [-0.2, 0) is 0 Å². The van der Waals surface area contributed by atoms with Gasteiger partial charge >= 0.3 is 0 Å². The minimum atomic E-state index is -0.368. The second kappa shape index (κ2) is 8.05. The zero-order valence-electron chi connectivity index (χ0n) is 16.1. The van der Waals surface area contributed by atoms with Crippen LogP contribution in [0, 0.1) is 6.92 Å². The van der Waals surface area contributed by atoms with Crippen LogP contribution in [0.1, 0.15) is 16.1 Å². The van der Waals surface area contributed by atoms with Crippen molar-refractivity contribution in [1.29, 1.82) is 0 Å². The highest BCUT2D eigenvalue weighted by Gasteiger charge is 2.14. The molecule has 0 radical (unpaired) electrons. The van der Waals surface area contributed by atoms with E-state index in [1.165, 1.54) is 12.4 Å². The van der Waals surface area contributed by atoms with Crippen molar-refractivity contribution in [2.75, 3.05) is 31.0 Å². The zero-order valence-corrected chi connectivity index (χ0v) is 16.1. The van der Waals surface area contributed by atoms with Crippen LogP contribution < -0.4 is 24.8 Å². The molecule has 2 aromatic carbocycles. The first kappa shape index (κ1) is 18.5. The summed E-state index contributed by atoms with van der Waals surface area (Å²) in [6.07, 6.45) is 2.91. The predicted molar refractivity (Wildman–Crippen MR) is 108 cm³/mol. The molecule has 148 valence electrons. The smallest absolute Gasteiger partial charge is 0.275 e. The molecule has 0 aliphatic carbocycles. The fraction of sp³-hybridized carbons (Fsp3) is 0.190. The summed E-state index contributed by atoms with van der Waals surface area (Å²) in [4.78, 5) is 21.0. The van der Waals surface area contributed by atoms with Gasteiger partial charge in [0.05, 0.1) is 25.2 Å². The molecular formula is C21H20N4O4. The van der Waals surface area contributed by atoms with Crippen molar-refractivity contribution < 1.29 is 19.0 Å². The Hall–Kier alpha value is -3.81. The number of nitrogens with one attached hydrogen (secondary N) is 2. The molecule has 29 heavy (non-hydrogen) atoms. The number of carbonyl (C=O) groups is 1. The van der Waals surface area contributed by atoms with Gasteiger partial charge in [-0.2, -0.15) is 0 Å². The second-order valence-corrected chi connectivity index (χ2v) is 6.43. The molecule has 0 unspecified atom stereocenters. The van der Waals surface area contributed by atoms with Gasteiger partial charge in [-0.25, -0.2) is 9.97 Å². The number of methoxy groups -OCH3 is 1. The molecule has 1 aliphatic rings. The molecule has 2 heterocycles. The van der Waals surface area contributed by atoms with Gasteiger partial charge in [0.25, 0.3) is 5.91 Å². The Morgan fingerprint density at radius 3 is 2.62 bits per heavy atom. The first-order valence-corrected chi connectivity index (χ1v) is 9.07. The maximum Gasteiger partial charge on any atom is 0.275 e. The van der Waals surface area contributed by atoms with Crippen molar-refractivity contribution in [3.05, 3.63) is 60.0 Å². The minimum Gasteiger partial charge on any atom is -0.495 e. The molecule has 0 fully saturated rings. The zero-order chi connectivity index (χ0) is 20.2. The van der Waals surface area contributed by atoms with E-state index in [2.05, 4.69) is 20.6 Å². The van der Waals surface area contributed by atoms with E-state index < -0.39 is 0 Å². The number of aryl methyl sites for hydroxylation is 1. The predicted octanol–water partition coefficient (Wildman–Crippen LogP) is 3.56.